The summed E-state index contributed by atoms with van der Waals surface area (Å²) in [5.74, 6) is -2.07. The molecule has 0 unspecified atom stereocenters. The van der Waals surface area contributed by atoms with Gasteiger partial charge in [-0.1, -0.05) is 11.6 Å². The molecule has 2 aromatic carbocycles. The molecule has 0 aliphatic rings. The van der Waals surface area contributed by atoms with Gasteiger partial charge in [-0.3, -0.25) is 9.59 Å². The minimum atomic E-state index is -0.933. The van der Waals surface area contributed by atoms with Gasteiger partial charge in [0.25, 0.3) is 5.91 Å². The zero-order valence-electron chi connectivity index (χ0n) is 15.5. The van der Waals surface area contributed by atoms with Crippen LogP contribution in [-0.2, 0) is 4.79 Å². The van der Waals surface area contributed by atoms with Gasteiger partial charge in [-0.2, -0.15) is 0 Å². The van der Waals surface area contributed by atoms with Crippen LogP contribution in [0.5, 0.6) is 5.75 Å². The maximum Gasteiger partial charge on any atom is 0.254 e. The second-order valence-electron chi connectivity index (χ2n) is 6.34. The number of anilines is 1. The van der Waals surface area contributed by atoms with E-state index < -0.39 is 17.5 Å². The van der Waals surface area contributed by atoms with Crippen LogP contribution >= 0.6 is 11.6 Å². The van der Waals surface area contributed by atoms with Crippen molar-refractivity contribution in [1.82, 2.24) is 5.32 Å². The minimum absolute atomic E-state index is 0.0171. The Labute approximate surface area is 167 Å². The highest BCUT2D eigenvalue weighted by atomic mass is 35.5. The summed E-state index contributed by atoms with van der Waals surface area (Å²) in [7, 11) is 0. The Hall–Kier alpha value is -2.67. The molecule has 0 radical (unpaired) electrons. The quantitative estimate of drug-likeness (QED) is 0.627. The zero-order valence-corrected chi connectivity index (χ0v) is 16.3. The predicted octanol–water partition coefficient (Wildman–Crippen LogP) is 4.55. The first-order valence-electron chi connectivity index (χ1n) is 8.75. The van der Waals surface area contributed by atoms with Crippen LogP contribution in [0.1, 0.15) is 37.0 Å². The van der Waals surface area contributed by atoms with Gasteiger partial charge in [0.05, 0.1) is 16.7 Å². The summed E-state index contributed by atoms with van der Waals surface area (Å²) in [4.78, 5) is 23.9. The zero-order chi connectivity index (χ0) is 20.7. The van der Waals surface area contributed by atoms with E-state index in [1.807, 2.05) is 13.8 Å². The number of amides is 2. The van der Waals surface area contributed by atoms with Crippen molar-refractivity contribution < 1.29 is 23.1 Å². The van der Waals surface area contributed by atoms with E-state index in [0.29, 0.717) is 28.9 Å². The number of carbonyl (C=O) groups is 2. The molecule has 2 aromatic rings. The molecule has 0 aliphatic heterocycles. The predicted molar refractivity (Wildman–Crippen MR) is 104 cm³/mol. The Balaban J connectivity index is 1.77. The van der Waals surface area contributed by atoms with Gasteiger partial charge in [0.2, 0.25) is 5.91 Å². The highest BCUT2D eigenvalue weighted by Crippen LogP contribution is 2.28. The molecule has 2 amide bonds. The second kappa shape index (κ2) is 10.0. The smallest absolute Gasteiger partial charge is 0.254 e. The third-order valence-electron chi connectivity index (χ3n) is 3.62. The largest absolute Gasteiger partial charge is 0.489 e. The maximum absolute atomic E-state index is 13.5. The van der Waals surface area contributed by atoms with E-state index in [2.05, 4.69) is 10.6 Å². The molecule has 150 valence electrons. The molecule has 0 aliphatic carbocycles. The first-order valence-corrected chi connectivity index (χ1v) is 9.13. The second-order valence-corrected chi connectivity index (χ2v) is 6.75. The van der Waals surface area contributed by atoms with Crippen LogP contribution in [0.25, 0.3) is 0 Å². The van der Waals surface area contributed by atoms with Crippen LogP contribution in [0.15, 0.2) is 36.4 Å². The molecule has 2 rings (SSSR count). The molecule has 0 aromatic heterocycles. The van der Waals surface area contributed by atoms with E-state index in [4.69, 9.17) is 16.3 Å². The van der Waals surface area contributed by atoms with Gasteiger partial charge in [0.1, 0.15) is 17.4 Å². The van der Waals surface area contributed by atoms with Crippen molar-refractivity contribution in [1.29, 1.82) is 0 Å². The van der Waals surface area contributed by atoms with Gasteiger partial charge in [-0.15, -0.1) is 0 Å². The van der Waals surface area contributed by atoms with Gasteiger partial charge in [0, 0.05) is 24.7 Å². The number of carbonyl (C=O) groups excluding carboxylic acids is 2. The van der Waals surface area contributed by atoms with E-state index in [1.54, 1.807) is 18.2 Å². The monoisotopic (exact) mass is 410 g/mol. The number of nitrogens with one attached hydrogen (secondary N) is 2. The molecule has 5 nitrogen and oxygen atoms in total. The third-order valence-corrected chi connectivity index (χ3v) is 3.92. The topological polar surface area (TPSA) is 67.4 Å². The van der Waals surface area contributed by atoms with Crippen molar-refractivity contribution in [2.45, 2.75) is 32.8 Å². The summed E-state index contributed by atoms with van der Waals surface area (Å²) in [6.07, 6.45) is 0.480. The lowest BCUT2D eigenvalue weighted by atomic mass is 10.2. The molecule has 0 bridgehead atoms. The SMILES string of the molecule is CC(C)Oc1ccc(NC(=O)CCCNC(=O)c2ccc(F)cc2F)cc1Cl. The van der Waals surface area contributed by atoms with E-state index in [9.17, 15) is 18.4 Å². The molecule has 0 spiro atoms. The third kappa shape index (κ3) is 6.49. The van der Waals surface area contributed by atoms with Gasteiger partial charge in [0.15, 0.2) is 0 Å². The average Bonchev–Trinajstić information content (AvgIpc) is 2.60. The first-order chi connectivity index (χ1) is 13.3. The highest BCUT2D eigenvalue weighted by Gasteiger charge is 2.12. The Morgan fingerprint density at radius 3 is 2.54 bits per heavy atom. The van der Waals surface area contributed by atoms with Gasteiger partial charge < -0.3 is 15.4 Å². The van der Waals surface area contributed by atoms with Gasteiger partial charge in [-0.25, -0.2) is 8.78 Å². The lowest BCUT2D eigenvalue weighted by Gasteiger charge is -2.13. The summed E-state index contributed by atoms with van der Waals surface area (Å²) < 4.78 is 31.9. The summed E-state index contributed by atoms with van der Waals surface area (Å²) in [5.41, 5.74) is 0.285. The first kappa shape index (κ1) is 21.6. The van der Waals surface area contributed by atoms with Crippen molar-refractivity contribution in [2.24, 2.45) is 0 Å². The van der Waals surface area contributed by atoms with Crippen LogP contribution in [0, 0.1) is 11.6 Å². The Kier molecular flexibility index (Phi) is 7.75. The van der Waals surface area contributed by atoms with Crippen LogP contribution in [0.2, 0.25) is 5.02 Å². The number of benzene rings is 2. The molecule has 0 fully saturated rings. The molecule has 0 heterocycles. The fraction of sp³-hybridized carbons (Fsp3) is 0.300. The Morgan fingerprint density at radius 2 is 1.89 bits per heavy atom. The fourth-order valence-electron chi connectivity index (χ4n) is 2.37. The average molecular weight is 411 g/mol. The van der Waals surface area contributed by atoms with Crippen molar-refractivity contribution in [2.75, 3.05) is 11.9 Å². The number of ether oxygens (including phenoxy) is 1. The van der Waals surface area contributed by atoms with Crippen LogP contribution < -0.4 is 15.4 Å². The molecule has 0 saturated heterocycles. The minimum Gasteiger partial charge on any atom is -0.489 e. The lowest BCUT2D eigenvalue weighted by Crippen LogP contribution is -2.26. The Bertz CT molecular complexity index is 859. The van der Waals surface area contributed by atoms with E-state index in [0.717, 1.165) is 12.1 Å². The fourth-order valence-corrected chi connectivity index (χ4v) is 2.60. The van der Waals surface area contributed by atoms with Crippen molar-refractivity contribution in [3.8, 4) is 5.75 Å². The number of halogens is 3. The van der Waals surface area contributed by atoms with E-state index in [-0.39, 0.29) is 30.5 Å². The normalized spacial score (nSPS) is 10.6. The molecular weight excluding hydrogens is 390 g/mol. The van der Waals surface area contributed by atoms with Crippen LogP contribution in [0.4, 0.5) is 14.5 Å². The molecule has 2 N–H and O–H groups in total. The number of hydrogen-bond acceptors (Lipinski definition) is 3. The van der Waals surface area contributed by atoms with E-state index >= 15 is 0 Å². The molecule has 8 heteroatoms. The number of hydrogen-bond donors (Lipinski definition) is 2. The molecule has 0 saturated carbocycles. The van der Waals surface area contributed by atoms with Gasteiger partial charge >= 0.3 is 0 Å². The van der Waals surface area contributed by atoms with Crippen molar-refractivity contribution in [3.05, 3.63) is 58.6 Å². The van der Waals surface area contributed by atoms with E-state index in [1.165, 1.54) is 0 Å². The molecular formula is C20H21ClF2N2O3. The lowest BCUT2D eigenvalue weighted by molar-refractivity contribution is -0.116. The molecule has 28 heavy (non-hydrogen) atoms. The summed E-state index contributed by atoms with van der Waals surface area (Å²) >= 11 is 6.12. The maximum atomic E-state index is 13.5. The summed E-state index contributed by atoms with van der Waals surface area (Å²) in [6.45, 7) is 3.94. The van der Waals surface area contributed by atoms with Crippen molar-refractivity contribution >= 4 is 29.1 Å². The number of rotatable bonds is 8. The van der Waals surface area contributed by atoms with Crippen LogP contribution in [0.3, 0.4) is 0 Å². The molecule has 0 atom stereocenters. The van der Waals surface area contributed by atoms with Gasteiger partial charge in [-0.05, 0) is 50.6 Å². The van der Waals surface area contributed by atoms with Crippen LogP contribution in [-0.4, -0.2) is 24.5 Å². The van der Waals surface area contributed by atoms with Crippen molar-refractivity contribution in [3.63, 3.8) is 0 Å². The highest BCUT2D eigenvalue weighted by molar-refractivity contribution is 6.32. The summed E-state index contributed by atoms with van der Waals surface area (Å²) in [6, 6.07) is 7.67. The summed E-state index contributed by atoms with van der Waals surface area (Å²) in [5, 5.41) is 5.59. The standard InChI is InChI=1S/C20H21ClF2N2O3/c1-12(2)28-18-8-6-14(11-16(18)21)25-19(26)4-3-9-24-20(27)15-7-5-13(22)10-17(15)23/h5-8,10-12H,3-4,9H2,1-2H3,(H,24,27)(H,25,26). The Morgan fingerprint density at radius 1 is 1.14 bits per heavy atom.